The summed E-state index contributed by atoms with van der Waals surface area (Å²) in [6.07, 6.45) is 8.39. The van der Waals surface area contributed by atoms with Gasteiger partial charge in [-0.15, -0.1) is 0 Å². The van der Waals surface area contributed by atoms with Gasteiger partial charge in [0.25, 0.3) is 5.56 Å². The van der Waals surface area contributed by atoms with Crippen LogP contribution in [0.5, 0.6) is 0 Å². The highest BCUT2D eigenvalue weighted by Gasteiger charge is 2.02. The Morgan fingerprint density at radius 1 is 1.05 bits per heavy atom. The van der Waals surface area contributed by atoms with Gasteiger partial charge in [0.05, 0.1) is 10.9 Å². The molecule has 0 saturated carbocycles. The number of fused-ring (bicyclic) bond motifs is 1. The molecular formula is C16H22N2O. The van der Waals surface area contributed by atoms with Crippen LogP contribution in [-0.4, -0.2) is 9.97 Å². The summed E-state index contributed by atoms with van der Waals surface area (Å²) in [4.78, 5) is 19.3. The van der Waals surface area contributed by atoms with E-state index in [1.54, 1.807) is 0 Å². The second-order valence-corrected chi connectivity index (χ2v) is 5.05. The molecule has 19 heavy (non-hydrogen) atoms. The van der Waals surface area contributed by atoms with Crippen molar-refractivity contribution < 1.29 is 0 Å². The maximum atomic E-state index is 11.9. The molecule has 0 aliphatic heterocycles. The molecule has 0 unspecified atom stereocenters. The summed E-state index contributed by atoms with van der Waals surface area (Å²) in [5.41, 5.74) is 0.777. The van der Waals surface area contributed by atoms with Crippen molar-refractivity contribution in [1.29, 1.82) is 0 Å². The highest BCUT2D eigenvalue weighted by Crippen LogP contribution is 2.09. The quantitative estimate of drug-likeness (QED) is 0.767. The van der Waals surface area contributed by atoms with Gasteiger partial charge in [-0.25, -0.2) is 4.98 Å². The van der Waals surface area contributed by atoms with Crippen molar-refractivity contribution in [2.45, 2.75) is 51.9 Å². The Hall–Kier alpha value is -1.64. The first-order chi connectivity index (χ1) is 9.31. The second kappa shape index (κ2) is 7.07. The fraction of sp³-hybridized carbons (Fsp3) is 0.500. The van der Waals surface area contributed by atoms with Crippen molar-refractivity contribution >= 4 is 10.9 Å². The van der Waals surface area contributed by atoms with Gasteiger partial charge in [-0.1, -0.05) is 51.2 Å². The lowest BCUT2D eigenvalue weighted by Gasteiger charge is -2.03. The van der Waals surface area contributed by atoms with E-state index in [2.05, 4.69) is 16.9 Å². The molecule has 0 bridgehead atoms. The van der Waals surface area contributed by atoms with E-state index in [0.29, 0.717) is 5.39 Å². The lowest BCUT2D eigenvalue weighted by Crippen LogP contribution is -2.11. The molecule has 0 atom stereocenters. The van der Waals surface area contributed by atoms with E-state index in [4.69, 9.17) is 0 Å². The Morgan fingerprint density at radius 2 is 1.79 bits per heavy atom. The summed E-state index contributed by atoms with van der Waals surface area (Å²) in [5, 5.41) is 0.675. The van der Waals surface area contributed by atoms with Gasteiger partial charge in [-0.3, -0.25) is 4.79 Å². The largest absolute Gasteiger partial charge is 0.310 e. The minimum absolute atomic E-state index is 0.0217. The summed E-state index contributed by atoms with van der Waals surface area (Å²) < 4.78 is 0. The molecule has 0 spiro atoms. The van der Waals surface area contributed by atoms with Crippen LogP contribution in [0.2, 0.25) is 0 Å². The van der Waals surface area contributed by atoms with Crippen molar-refractivity contribution in [3.63, 3.8) is 0 Å². The lowest BCUT2D eigenvalue weighted by atomic mass is 10.1. The number of nitrogens with zero attached hydrogens (tertiary/aromatic N) is 1. The summed E-state index contributed by atoms with van der Waals surface area (Å²) >= 11 is 0. The van der Waals surface area contributed by atoms with Crippen molar-refractivity contribution in [3.8, 4) is 0 Å². The molecule has 1 heterocycles. The van der Waals surface area contributed by atoms with Crippen LogP contribution in [-0.2, 0) is 6.42 Å². The van der Waals surface area contributed by atoms with Crippen LogP contribution in [0.1, 0.15) is 51.3 Å². The van der Waals surface area contributed by atoms with Crippen molar-refractivity contribution in [2.24, 2.45) is 0 Å². The number of aromatic nitrogens is 2. The summed E-state index contributed by atoms with van der Waals surface area (Å²) in [6, 6.07) is 7.50. The Labute approximate surface area is 114 Å². The Kier molecular flexibility index (Phi) is 5.13. The van der Waals surface area contributed by atoms with E-state index in [9.17, 15) is 4.79 Å². The van der Waals surface area contributed by atoms with Crippen LogP contribution in [0.3, 0.4) is 0 Å². The molecular weight excluding hydrogens is 236 g/mol. The van der Waals surface area contributed by atoms with Crippen LogP contribution in [0, 0.1) is 0 Å². The smallest absolute Gasteiger partial charge is 0.258 e. The summed E-state index contributed by atoms with van der Waals surface area (Å²) in [5.74, 6) is 0.819. The second-order valence-electron chi connectivity index (χ2n) is 5.05. The average Bonchev–Trinajstić information content (AvgIpc) is 2.43. The number of hydrogen-bond acceptors (Lipinski definition) is 2. The van der Waals surface area contributed by atoms with Gasteiger partial charge in [0.1, 0.15) is 5.82 Å². The zero-order valence-corrected chi connectivity index (χ0v) is 11.6. The highest BCUT2D eigenvalue weighted by atomic mass is 16.1. The third-order valence-corrected chi connectivity index (χ3v) is 3.43. The molecule has 0 amide bonds. The first kappa shape index (κ1) is 13.8. The molecule has 0 saturated heterocycles. The molecule has 1 aromatic carbocycles. The summed E-state index contributed by atoms with van der Waals surface area (Å²) in [7, 11) is 0. The molecule has 3 nitrogen and oxygen atoms in total. The molecule has 1 aromatic heterocycles. The SMILES string of the molecule is CCCCCCCCc1nc2ccccc2c(=O)[nH]1. The van der Waals surface area contributed by atoms with Gasteiger partial charge in [-0.2, -0.15) is 0 Å². The van der Waals surface area contributed by atoms with Gasteiger partial charge in [-0.05, 0) is 18.6 Å². The predicted molar refractivity (Wildman–Crippen MR) is 79.4 cm³/mol. The van der Waals surface area contributed by atoms with E-state index in [-0.39, 0.29) is 5.56 Å². The lowest BCUT2D eigenvalue weighted by molar-refractivity contribution is 0.601. The standard InChI is InChI=1S/C16H22N2O/c1-2-3-4-5-6-7-12-15-17-14-11-9-8-10-13(14)16(19)18-15/h8-11H,2-7,12H2,1H3,(H,17,18,19). The number of rotatable bonds is 7. The molecule has 0 aliphatic carbocycles. The maximum Gasteiger partial charge on any atom is 0.258 e. The van der Waals surface area contributed by atoms with Crippen LogP contribution < -0.4 is 5.56 Å². The van der Waals surface area contributed by atoms with Gasteiger partial charge in [0, 0.05) is 6.42 Å². The topological polar surface area (TPSA) is 45.8 Å². The van der Waals surface area contributed by atoms with Crippen molar-refractivity contribution in [1.82, 2.24) is 9.97 Å². The number of aryl methyl sites for hydroxylation is 1. The minimum atomic E-state index is -0.0217. The number of H-pyrrole nitrogens is 1. The Morgan fingerprint density at radius 3 is 2.63 bits per heavy atom. The highest BCUT2D eigenvalue weighted by molar-refractivity contribution is 5.77. The van der Waals surface area contributed by atoms with Gasteiger partial charge in [0.2, 0.25) is 0 Å². The van der Waals surface area contributed by atoms with Crippen molar-refractivity contribution in [2.75, 3.05) is 0 Å². The average molecular weight is 258 g/mol. The number of nitrogens with one attached hydrogen (secondary N) is 1. The van der Waals surface area contributed by atoms with Gasteiger partial charge in [0.15, 0.2) is 0 Å². The maximum absolute atomic E-state index is 11.9. The van der Waals surface area contributed by atoms with E-state index in [1.807, 2.05) is 24.3 Å². The van der Waals surface area contributed by atoms with Crippen molar-refractivity contribution in [3.05, 3.63) is 40.4 Å². The van der Waals surface area contributed by atoms with Gasteiger partial charge >= 0.3 is 0 Å². The Bertz CT molecular complexity index is 574. The number of aromatic amines is 1. The van der Waals surface area contributed by atoms with E-state index >= 15 is 0 Å². The minimum Gasteiger partial charge on any atom is -0.310 e. The van der Waals surface area contributed by atoms with Crippen LogP contribution >= 0.6 is 0 Å². The predicted octanol–water partition coefficient (Wildman–Crippen LogP) is 3.83. The molecule has 102 valence electrons. The zero-order chi connectivity index (χ0) is 13.5. The molecule has 1 N–H and O–H groups in total. The summed E-state index contributed by atoms with van der Waals surface area (Å²) in [6.45, 7) is 2.23. The number of unbranched alkanes of at least 4 members (excludes halogenated alkanes) is 5. The molecule has 0 radical (unpaired) electrons. The van der Waals surface area contributed by atoms with Crippen LogP contribution in [0.15, 0.2) is 29.1 Å². The fourth-order valence-electron chi connectivity index (χ4n) is 2.33. The normalized spacial score (nSPS) is 11.0. The Balaban J connectivity index is 1.92. The monoisotopic (exact) mass is 258 g/mol. The first-order valence-corrected chi connectivity index (χ1v) is 7.29. The molecule has 2 aromatic rings. The molecule has 0 aliphatic rings. The third kappa shape index (κ3) is 3.91. The van der Waals surface area contributed by atoms with E-state index < -0.39 is 0 Å². The fourth-order valence-corrected chi connectivity index (χ4v) is 2.33. The van der Waals surface area contributed by atoms with Crippen LogP contribution in [0.4, 0.5) is 0 Å². The molecule has 3 heteroatoms. The number of hydrogen-bond donors (Lipinski definition) is 1. The zero-order valence-electron chi connectivity index (χ0n) is 11.6. The number of para-hydroxylation sites is 1. The van der Waals surface area contributed by atoms with E-state index in [0.717, 1.165) is 24.2 Å². The van der Waals surface area contributed by atoms with Gasteiger partial charge < -0.3 is 4.98 Å². The first-order valence-electron chi connectivity index (χ1n) is 7.29. The molecule has 2 rings (SSSR count). The molecule has 0 fully saturated rings. The van der Waals surface area contributed by atoms with E-state index in [1.165, 1.54) is 32.1 Å². The third-order valence-electron chi connectivity index (χ3n) is 3.43. The number of benzene rings is 1. The van der Waals surface area contributed by atoms with Crippen LogP contribution in [0.25, 0.3) is 10.9 Å².